The number of nitrogens with one attached hydrogen (secondary N) is 3. The Morgan fingerprint density at radius 3 is 1.79 bits per heavy atom. The summed E-state index contributed by atoms with van der Waals surface area (Å²) in [7, 11) is 0. The van der Waals surface area contributed by atoms with Crippen molar-refractivity contribution in [3.63, 3.8) is 0 Å². The van der Waals surface area contributed by atoms with Gasteiger partial charge in [0.2, 0.25) is 23.6 Å². The van der Waals surface area contributed by atoms with E-state index in [4.69, 9.17) is 16.6 Å². The van der Waals surface area contributed by atoms with Crippen molar-refractivity contribution < 1.29 is 44.1 Å². The van der Waals surface area contributed by atoms with E-state index in [2.05, 4.69) is 16.0 Å². The molecular weight excluding hydrogens is 502 g/mol. The number of hydrogen-bond acceptors (Lipinski definition) is 8. The van der Waals surface area contributed by atoms with Gasteiger partial charge in [0.05, 0.1) is 6.04 Å². The number of phenols is 1. The number of phenolic OH excluding ortho intramolecular Hbond substituents is 1. The molecule has 4 atom stereocenters. The highest BCUT2D eigenvalue weighted by Crippen LogP contribution is 2.12. The van der Waals surface area contributed by atoms with E-state index in [0.717, 1.165) is 0 Å². The highest BCUT2D eigenvalue weighted by Gasteiger charge is 2.31. The number of rotatable bonds is 16. The topological polar surface area (TPSA) is 251 Å². The van der Waals surface area contributed by atoms with Crippen molar-refractivity contribution in [3.8, 4) is 5.75 Å². The summed E-state index contributed by atoms with van der Waals surface area (Å²) in [4.78, 5) is 72.3. The van der Waals surface area contributed by atoms with E-state index in [1.807, 2.05) is 0 Å². The summed E-state index contributed by atoms with van der Waals surface area (Å²) in [5.74, 6) is -6.26. The zero-order valence-electron chi connectivity index (χ0n) is 21.2. The van der Waals surface area contributed by atoms with Gasteiger partial charge in [-0.1, -0.05) is 26.0 Å². The number of nitrogens with two attached hydrogens (primary N) is 2. The molecule has 1 rings (SSSR count). The minimum atomic E-state index is -1.52. The summed E-state index contributed by atoms with van der Waals surface area (Å²) in [6, 6.07) is 0.618. The van der Waals surface area contributed by atoms with Gasteiger partial charge in [-0.3, -0.25) is 24.0 Å². The van der Waals surface area contributed by atoms with Crippen molar-refractivity contribution in [2.75, 3.05) is 0 Å². The zero-order valence-corrected chi connectivity index (χ0v) is 21.2. The number of carbonyl (C=O) groups is 6. The predicted molar refractivity (Wildman–Crippen MR) is 133 cm³/mol. The molecule has 0 fully saturated rings. The number of primary amides is 1. The third-order valence-electron chi connectivity index (χ3n) is 5.60. The van der Waals surface area contributed by atoms with Gasteiger partial charge >= 0.3 is 11.9 Å². The number of hydrogen-bond donors (Lipinski definition) is 8. The van der Waals surface area contributed by atoms with Gasteiger partial charge in [0.1, 0.15) is 23.9 Å². The first kappa shape index (κ1) is 31.8. The van der Waals surface area contributed by atoms with Crippen LogP contribution in [0.5, 0.6) is 5.75 Å². The van der Waals surface area contributed by atoms with Gasteiger partial charge in [-0.2, -0.15) is 0 Å². The third kappa shape index (κ3) is 11.2. The van der Waals surface area contributed by atoms with Crippen molar-refractivity contribution in [2.45, 2.75) is 70.1 Å². The van der Waals surface area contributed by atoms with Crippen LogP contribution in [0.4, 0.5) is 0 Å². The molecule has 0 aromatic heterocycles. The number of carboxylic acids is 2. The molecule has 4 amide bonds. The molecule has 210 valence electrons. The maximum absolute atomic E-state index is 13.2. The molecule has 1 aromatic carbocycles. The fourth-order valence-electron chi connectivity index (χ4n) is 3.27. The van der Waals surface area contributed by atoms with Crippen LogP contribution in [0.3, 0.4) is 0 Å². The second-order valence-corrected chi connectivity index (χ2v) is 9.10. The number of aliphatic carboxylic acids is 2. The first-order chi connectivity index (χ1) is 17.7. The van der Waals surface area contributed by atoms with Gasteiger partial charge in [0.15, 0.2) is 0 Å². The SMILES string of the molecule is CC(C)C(N)C(=O)NC(Cc1ccc(O)cc1)C(=O)NC(CCC(=O)O)C(=O)NC(CCC(N)=O)C(=O)O. The van der Waals surface area contributed by atoms with E-state index < -0.39 is 66.2 Å². The third-order valence-corrected chi connectivity index (χ3v) is 5.60. The van der Waals surface area contributed by atoms with E-state index >= 15 is 0 Å². The smallest absolute Gasteiger partial charge is 0.326 e. The van der Waals surface area contributed by atoms with E-state index in [-0.39, 0.29) is 37.4 Å². The fraction of sp³-hybridized carbons (Fsp3) is 0.500. The minimum absolute atomic E-state index is 0.0182. The summed E-state index contributed by atoms with van der Waals surface area (Å²) in [6.07, 6.45) is -1.64. The molecule has 0 radical (unpaired) electrons. The number of carbonyl (C=O) groups excluding carboxylic acids is 4. The predicted octanol–water partition coefficient (Wildman–Crippen LogP) is -1.41. The molecular formula is C24H35N5O9. The summed E-state index contributed by atoms with van der Waals surface area (Å²) >= 11 is 0. The van der Waals surface area contributed by atoms with Crippen LogP contribution in [-0.2, 0) is 35.2 Å². The van der Waals surface area contributed by atoms with E-state index in [1.165, 1.54) is 24.3 Å². The zero-order chi connectivity index (χ0) is 29.0. The van der Waals surface area contributed by atoms with Crippen LogP contribution in [-0.4, -0.2) is 75.1 Å². The van der Waals surface area contributed by atoms with Gasteiger partial charge in [0, 0.05) is 19.3 Å². The van der Waals surface area contributed by atoms with Crippen LogP contribution in [0, 0.1) is 5.92 Å². The highest BCUT2D eigenvalue weighted by atomic mass is 16.4. The summed E-state index contributed by atoms with van der Waals surface area (Å²) in [5, 5.41) is 35.0. The first-order valence-corrected chi connectivity index (χ1v) is 11.9. The second-order valence-electron chi connectivity index (χ2n) is 9.10. The van der Waals surface area contributed by atoms with Crippen LogP contribution >= 0.6 is 0 Å². The standard InChI is InChI=1S/C24H35N5O9/c1-12(2)20(26)23(36)29-17(11-13-3-5-14(30)6-4-13)22(35)27-15(8-10-19(32)33)21(34)28-16(24(37)38)7-9-18(25)31/h3-6,12,15-17,20,30H,7-11,26H2,1-2H3,(H2,25,31)(H,27,35)(H,28,34)(H,29,36)(H,32,33)(H,37,38). The number of aromatic hydroxyl groups is 1. The average molecular weight is 538 g/mol. The Labute approximate surface area is 219 Å². The van der Waals surface area contributed by atoms with Crippen molar-refractivity contribution in [1.82, 2.24) is 16.0 Å². The molecule has 10 N–H and O–H groups in total. The van der Waals surface area contributed by atoms with Crippen LogP contribution in [0.2, 0.25) is 0 Å². The Morgan fingerprint density at radius 1 is 0.789 bits per heavy atom. The van der Waals surface area contributed by atoms with E-state index in [1.54, 1.807) is 13.8 Å². The van der Waals surface area contributed by atoms with Crippen LogP contribution < -0.4 is 27.4 Å². The summed E-state index contributed by atoms with van der Waals surface area (Å²) in [6.45, 7) is 3.42. The van der Waals surface area contributed by atoms with Crippen molar-refractivity contribution >= 4 is 35.6 Å². The second kappa shape index (κ2) is 15.1. The lowest BCUT2D eigenvalue weighted by Gasteiger charge is -2.25. The van der Waals surface area contributed by atoms with Crippen molar-refractivity contribution in [1.29, 1.82) is 0 Å². The number of amides is 4. The first-order valence-electron chi connectivity index (χ1n) is 11.9. The Bertz CT molecular complexity index is 1010. The largest absolute Gasteiger partial charge is 0.508 e. The molecule has 4 unspecified atom stereocenters. The van der Waals surface area contributed by atoms with Crippen LogP contribution in [0.1, 0.15) is 45.1 Å². The molecule has 0 saturated carbocycles. The van der Waals surface area contributed by atoms with Gasteiger partial charge in [-0.15, -0.1) is 0 Å². The van der Waals surface area contributed by atoms with Crippen molar-refractivity contribution in [2.24, 2.45) is 17.4 Å². The fourth-order valence-corrected chi connectivity index (χ4v) is 3.27. The molecule has 0 aliphatic heterocycles. The molecule has 0 saturated heterocycles. The lowest BCUT2D eigenvalue weighted by atomic mass is 10.0. The lowest BCUT2D eigenvalue weighted by molar-refractivity contribution is -0.143. The quantitative estimate of drug-likeness (QED) is 0.122. The Hall–Kier alpha value is -4.20. The van der Waals surface area contributed by atoms with Crippen molar-refractivity contribution in [3.05, 3.63) is 29.8 Å². The summed E-state index contributed by atoms with van der Waals surface area (Å²) < 4.78 is 0. The number of carboxylic acid groups (broad SMARTS) is 2. The molecule has 38 heavy (non-hydrogen) atoms. The monoisotopic (exact) mass is 537 g/mol. The van der Waals surface area contributed by atoms with Gasteiger partial charge in [-0.05, 0) is 36.5 Å². The molecule has 0 aliphatic carbocycles. The minimum Gasteiger partial charge on any atom is -0.508 e. The van der Waals surface area contributed by atoms with Crippen LogP contribution in [0.25, 0.3) is 0 Å². The van der Waals surface area contributed by atoms with E-state index in [9.17, 15) is 39.0 Å². The normalized spacial score (nSPS) is 14.0. The Balaban J connectivity index is 3.16. The van der Waals surface area contributed by atoms with Gasteiger partial charge < -0.3 is 42.7 Å². The van der Waals surface area contributed by atoms with E-state index in [0.29, 0.717) is 5.56 Å². The highest BCUT2D eigenvalue weighted by molar-refractivity contribution is 5.94. The molecule has 0 bridgehead atoms. The molecule has 0 spiro atoms. The van der Waals surface area contributed by atoms with Crippen LogP contribution in [0.15, 0.2) is 24.3 Å². The molecule has 0 heterocycles. The number of benzene rings is 1. The molecule has 14 nitrogen and oxygen atoms in total. The lowest BCUT2D eigenvalue weighted by Crippen LogP contribution is -2.58. The Kier molecular flexibility index (Phi) is 12.7. The van der Waals surface area contributed by atoms with Gasteiger partial charge in [-0.25, -0.2) is 4.79 Å². The molecule has 14 heteroatoms. The molecule has 1 aromatic rings. The maximum Gasteiger partial charge on any atom is 0.326 e. The van der Waals surface area contributed by atoms with Gasteiger partial charge in [0.25, 0.3) is 0 Å². The summed E-state index contributed by atoms with van der Waals surface area (Å²) in [5.41, 5.74) is 11.5. The molecule has 0 aliphatic rings. The average Bonchev–Trinajstić information content (AvgIpc) is 2.83. The Morgan fingerprint density at radius 2 is 1.29 bits per heavy atom. The maximum atomic E-state index is 13.2.